The third-order valence-corrected chi connectivity index (χ3v) is 5.05. The number of rotatable bonds is 4. The molecule has 0 bridgehead atoms. The minimum absolute atomic E-state index is 0.0457. The zero-order valence-corrected chi connectivity index (χ0v) is 14.7. The number of anilines is 2. The van der Waals surface area contributed by atoms with Crippen LogP contribution >= 0.6 is 23.4 Å². The molecule has 1 saturated heterocycles. The highest BCUT2D eigenvalue weighted by atomic mass is 35.5. The summed E-state index contributed by atoms with van der Waals surface area (Å²) in [6.07, 6.45) is 2.18. The van der Waals surface area contributed by atoms with E-state index in [9.17, 15) is 9.59 Å². The number of benzene rings is 2. The molecule has 0 aromatic heterocycles. The monoisotopic (exact) mass is 360 g/mol. The van der Waals surface area contributed by atoms with Gasteiger partial charge in [0, 0.05) is 28.6 Å². The van der Waals surface area contributed by atoms with Crippen molar-refractivity contribution in [1.29, 1.82) is 0 Å². The van der Waals surface area contributed by atoms with Gasteiger partial charge in [0.05, 0.1) is 11.6 Å². The molecular formula is C18H17ClN2O2S. The fraction of sp³-hybridized carbons (Fsp3) is 0.222. The second-order valence-electron chi connectivity index (χ2n) is 5.57. The van der Waals surface area contributed by atoms with Crippen molar-refractivity contribution >= 4 is 46.6 Å². The SMILES string of the molecule is CSc1ccccc1NC(=O)C1CC(=O)N(c2ccc(Cl)cc2)C1. The molecule has 1 unspecified atom stereocenters. The van der Waals surface area contributed by atoms with Gasteiger partial charge in [-0.05, 0) is 42.7 Å². The summed E-state index contributed by atoms with van der Waals surface area (Å²) in [4.78, 5) is 27.4. The molecule has 1 heterocycles. The van der Waals surface area contributed by atoms with Crippen LogP contribution in [0, 0.1) is 5.92 Å². The van der Waals surface area contributed by atoms with Crippen LogP contribution in [0.3, 0.4) is 0 Å². The molecule has 6 heteroatoms. The molecule has 0 spiro atoms. The van der Waals surface area contributed by atoms with Crippen molar-refractivity contribution in [3.05, 3.63) is 53.6 Å². The average Bonchev–Trinajstić information content (AvgIpc) is 2.98. The zero-order chi connectivity index (χ0) is 17.1. The van der Waals surface area contributed by atoms with E-state index < -0.39 is 0 Å². The zero-order valence-electron chi connectivity index (χ0n) is 13.2. The highest BCUT2D eigenvalue weighted by Crippen LogP contribution is 2.29. The number of carbonyl (C=O) groups excluding carboxylic acids is 2. The summed E-state index contributed by atoms with van der Waals surface area (Å²) in [5.74, 6) is -0.528. The van der Waals surface area contributed by atoms with Gasteiger partial charge in [-0.3, -0.25) is 9.59 Å². The van der Waals surface area contributed by atoms with Gasteiger partial charge in [0.25, 0.3) is 0 Å². The van der Waals surface area contributed by atoms with Crippen LogP contribution in [0.1, 0.15) is 6.42 Å². The van der Waals surface area contributed by atoms with E-state index in [4.69, 9.17) is 11.6 Å². The van der Waals surface area contributed by atoms with Crippen molar-refractivity contribution in [2.24, 2.45) is 5.92 Å². The summed E-state index contributed by atoms with van der Waals surface area (Å²) in [5.41, 5.74) is 1.55. The summed E-state index contributed by atoms with van der Waals surface area (Å²) < 4.78 is 0. The van der Waals surface area contributed by atoms with Crippen LogP contribution < -0.4 is 10.2 Å². The largest absolute Gasteiger partial charge is 0.325 e. The van der Waals surface area contributed by atoms with Crippen molar-refractivity contribution in [1.82, 2.24) is 0 Å². The Morgan fingerprint density at radius 2 is 1.92 bits per heavy atom. The quantitative estimate of drug-likeness (QED) is 0.837. The highest BCUT2D eigenvalue weighted by molar-refractivity contribution is 7.98. The molecular weight excluding hydrogens is 344 g/mol. The molecule has 0 saturated carbocycles. The van der Waals surface area contributed by atoms with Crippen LogP contribution in [0.4, 0.5) is 11.4 Å². The lowest BCUT2D eigenvalue weighted by Gasteiger charge is -2.17. The number of hydrogen-bond donors (Lipinski definition) is 1. The third kappa shape index (κ3) is 3.57. The van der Waals surface area contributed by atoms with Gasteiger partial charge in [-0.25, -0.2) is 0 Å². The number of nitrogens with zero attached hydrogens (tertiary/aromatic N) is 1. The van der Waals surface area contributed by atoms with E-state index in [2.05, 4.69) is 5.32 Å². The fourth-order valence-electron chi connectivity index (χ4n) is 2.74. The van der Waals surface area contributed by atoms with Crippen LogP contribution in [0.2, 0.25) is 5.02 Å². The third-order valence-electron chi connectivity index (χ3n) is 4.00. The molecule has 1 aliphatic rings. The Balaban J connectivity index is 1.71. The average molecular weight is 361 g/mol. The first-order valence-electron chi connectivity index (χ1n) is 7.58. The molecule has 2 amide bonds. The van der Waals surface area contributed by atoms with Crippen LogP contribution in [-0.2, 0) is 9.59 Å². The van der Waals surface area contributed by atoms with Crippen LogP contribution in [0.25, 0.3) is 0 Å². The van der Waals surface area contributed by atoms with Crippen LogP contribution in [-0.4, -0.2) is 24.6 Å². The van der Waals surface area contributed by atoms with Gasteiger partial charge in [0.1, 0.15) is 0 Å². The molecule has 1 N–H and O–H groups in total. The molecule has 1 aliphatic heterocycles. The van der Waals surface area contributed by atoms with Crippen molar-refractivity contribution in [2.75, 3.05) is 23.0 Å². The summed E-state index contributed by atoms with van der Waals surface area (Å²) in [5, 5.41) is 3.56. The minimum atomic E-state index is -0.358. The normalized spacial score (nSPS) is 17.2. The van der Waals surface area contributed by atoms with Crippen molar-refractivity contribution in [3.63, 3.8) is 0 Å². The van der Waals surface area contributed by atoms with Gasteiger partial charge in [-0.15, -0.1) is 11.8 Å². The molecule has 124 valence electrons. The predicted octanol–water partition coefficient (Wildman–Crippen LogP) is 4.05. The standard InChI is InChI=1S/C18H17ClN2O2S/c1-24-16-5-3-2-4-15(16)20-18(23)12-10-17(22)21(11-12)14-8-6-13(19)7-9-14/h2-9,12H,10-11H2,1H3,(H,20,23). The molecule has 2 aromatic rings. The first-order chi connectivity index (χ1) is 11.6. The molecule has 24 heavy (non-hydrogen) atoms. The highest BCUT2D eigenvalue weighted by Gasteiger charge is 2.35. The van der Waals surface area contributed by atoms with E-state index in [1.54, 1.807) is 40.9 Å². The van der Waals surface area contributed by atoms with Crippen LogP contribution in [0.15, 0.2) is 53.4 Å². The maximum Gasteiger partial charge on any atom is 0.229 e. The van der Waals surface area contributed by atoms with E-state index in [1.807, 2.05) is 30.5 Å². The summed E-state index contributed by atoms with van der Waals surface area (Å²) in [6.45, 7) is 0.383. The molecule has 0 aliphatic carbocycles. The maximum absolute atomic E-state index is 12.5. The Labute approximate surface area is 150 Å². The Bertz CT molecular complexity index is 764. The number of amides is 2. The number of para-hydroxylation sites is 1. The lowest BCUT2D eigenvalue weighted by molar-refractivity contribution is -0.122. The minimum Gasteiger partial charge on any atom is -0.325 e. The molecule has 2 aromatic carbocycles. The maximum atomic E-state index is 12.5. The van der Waals surface area contributed by atoms with Gasteiger partial charge >= 0.3 is 0 Å². The summed E-state index contributed by atoms with van der Waals surface area (Å²) >= 11 is 7.46. The smallest absolute Gasteiger partial charge is 0.229 e. The molecule has 0 radical (unpaired) electrons. The van der Waals surface area contributed by atoms with Gasteiger partial charge in [0.15, 0.2) is 0 Å². The van der Waals surface area contributed by atoms with E-state index >= 15 is 0 Å². The molecule has 1 atom stereocenters. The lowest BCUT2D eigenvalue weighted by Crippen LogP contribution is -2.28. The topological polar surface area (TPSA) is 49.4 Å². The second-order valence-corrected chi connectivity index (χ2v) is 6.86. The number of thioether (sulfide) groups is 1. The number of nitrogens with one attached hydrogen (secondary N) is 1. The summed E-state index contributed by atoms with van der Waals surface area (Å²) in [6, 6.07) is 14.7. The van der Waals surface area contributed by atoms with E-state index in [-0.39, 0.29) is 24.2 Å². The van der Waals surface area contributed by atoms with E-state index in [1.165, 1.54) is 0 Å². The second kappa shape index (κ2) is 7.28. The molecule has 4 nitrogen and oxygen atoms in total. The van der Waals surface area contributed by atoms with Gasteiger partial charge in [-0.2, -0.15) is 0 Å². The Hall–Kier alpha value is -1.98. The van der Waals surface area contributed by atoms with E-state index in [0.29, 0.717) is 11.6 Å². The van der Waals surface area contributed by atoms with E-state index in [0.717, 1.165) is 16.3 Å². The van der Waals surface area contributed by atoms with Crippen LogP contribution in [0.5, 0.6) is 0 Å². The Kier molecular flexibility index (Phi) is 5.11. The summed E-state index contributed by atoms with van der Waals surface area (Å²) in [7, 11) is 0. The fourth-order valence-corrected chi connectivity index (χ4v) is 3.42. The van der Waals surface area contributed by atoms with Gasteiger partial charge in [0.2, 0.25) is 11.8 Å². The van der Waals surface area contributed by atoms with Gasteiger partial charge in [-0.1, -0.05) is 23.7 Å². The first-order valence-corrected chi connectivity index (χ1v) is 9.18. The van der Waals surface area contributed by atoms with Gasteiger partial charge < -0.3 is 10.2 Å². The number of carbonyl (C=O) groups is 2. The number of hydrogen-bond acceptors (Lipinski definition) is 3. The molecule has 1 fully saturated rings. The Morgan fingerprint density at radius 3 is 2.62 bits per heavy atom. The lowest BCUT2D eigenvalue weighted by atomic mass is 10.1. The Morgan fingerprint density at radius 1 is 1.21 bits per heavy atom. The van der Waals surface area contributed by atoms with Crippen molar-refractivity contribution in [3.8, 4) is 0 Å². The van der Waals surface area contributed by atoms with Crippen molar-refractivity contribution < 1.29 is 9.59 Å². The number of halogens is 1. The van der Waals surface area contributed by atoms with Crippen molar-refractivity contribution in [2.45, 2.75) is 11.3 Å². The molecule has 3 rings (SSSR count). The predicted molar refractivity (Wildman–Crippen MR) is 98.8 cm³/mol. The first kappa shape index (κ1) is 16.9.